The zero-order valence-corrected chi connectivity index (χ0v) is 20.3. The summed E-state index contributed by atoms with van der Waals surface area (Å²) in [6, 6.07) is 5.19. The number of aromatic nitrogens is 6. The highest BCUT2D eigenvalue weighted by molar-refractivity contribution is 6.09. The van der Waals surface area contributed by atoms with E-state index in [0.29, 0.717) is 39.6 Å². The molecule has 1 atom stereocenters. The van der Waals surface area contributed by atoms with E-state index in [2.05, 4.69) is 30.4 Å². The van der Waals surface area contributed by atoms with Gasteiger partial charge in [0.05, 0.1) is 24.6 Å². The fourth-order valence-corrected chi connectivity index (χ4v) is 5.28. The summed E-state index contributed by atoms with van der Waals surface area (Å²) < 4.78 is 44.9. The number of fused-ring (bicyclic) bond motifs is 2. The number of rotatable bonds is 7. The predicted molar refractivity (Wildman–Crippen MR) is 130 cm³/mol. The van der Waals surface area contributed by atoms with Gasteiger partial charge in [0.1, 0.15) is 29.1 Å². The number of alkyl halides is 3. The van der Waals surface area contributed by atoms with Crippen molar-refractivity contribution in [2.24, 2.45) is 5.92 Å². The first-order valence-corrected chi connectivity index (χ1v) is 12.1. The number of nitrogens with one attached hydrogen (secondary N) is 1. The molecule has 0 spiro atoms. The number of nitrogen functional groups attached to an aromatic ring is 1. The van der Waals surface area contributed by atoms with Gasteiger partial charge in [0.2, 0.25) is 5.91 Å². The van der Waals surface area contributed by atoms with Crippen LogP contribution in [0.2, 0.25) is 0 Å². The third-order valence-electron chi connectivity index (χ3n) is 7.10. The van der Waals surface area contributed by atoms with Crippen molar-refractivity contribution in [3.63, 3.8) is 0 Å². The van der Waals surface area contributed by atoms with E-state index in [1.165, 1.54) is 18.0 Å². The topological polar surface area (TPSA) is 133 Å². The molecule has 5 heterocycles. The standard InChI is InChI=1S/C25H23F3N8O2/c1-38-16-6-7-17(30-10-16)25(15-4-5-15)18-19(29)33-20(34-21(18)35-23(25)37)14-9-13(3-2-8-24(26,27)28)22-31-12-32-36(22)11-14/h6-7,9-12,15H,2-5,8H2,1H3,(H3,29,33,34,35,37). The molecule has 4 aromatic rings. The number of hydrogen-bond donors (Lipinski definition) is 2. The minimum Gasteiger partial charge on any atom is -0.495 e. The molecule has 1 unspecified atom stereocenters. The maximum atomic E-state index is 13.6. The molecule has 1 fully saturated rings. The first-order valence-electron chi connectivity index (χ1n) is 12.1. The second kappa shape index (κ2) is 8.64. The lowest BCUT2D eigenvalue weighted by Gasteiger charge is -2.27. The molecule has 1 saturated carbocycles. The molecule has 13 heteroatoms. The van der Waals surface area contributed by atoms with Crippen LogP contribution in [0.25, 0.3) is 17.0 Å². The molecule has 1 amide bonds. The van der Waals surface area contributed by atoms with Gasteiger partial charge in [0, 0.05) is 18.2 Å². The van der Waals surface area contributed by atoms with Crippen molar-refractivity contribution in [2.45, 2.75) is 43.7 Å². The minimum absolute atomic E-state index is 0.00636. The Morgan fingerprint density at radius 2 is 2.05 bits per heavy atom. The second-order valence-electron chi connectivity index (χ2n) is 9.53. The predicted octanol–water partition coefficient (Wildman–Crippen LogP) is 3.71. The van der Waals surface area contributed by atoms with Crippen LogP contribution in [0.15, 0.2) is 36.9 Å². The number of nitrogens with two attached hydrogens (primary N) is 1. The minimum atomic E-state index is -4.25. The molecule has 2 aliphatic rings. The highest BCUT2D eigenvalue weighted by Gasteiger charge is 2.60. The third-order valence-corrected chi connectivity index (χ3v) is 7.10. The van der Waals surface area contributed by atoms with Gasteiger partial charge < -0.3 is 15.8 Å². The number of carbonyl (C=O) groups is 1. The van der Waals surface area contributed by atoms with Crippen molar-refractivity contribution < 1.29 is 22.7 Å². The lowest BCUT2D eigenvalue weighted by atomic mass is 9.74. The molecular weight excluding hydrogens is 501 g/mol. The SMILES string of the molecule is COc1ccc(C2(C3CC3)C(=O)Nc3nc(-c4cc(CCCC(F)(F)F)c5ncnn5c4)nc(N)c32)nc1. The van der Waals surface area contributed by atoms with Gasteiger partial charge in [-0.2, -0.15) is 18.3 Å². The summed E-state index contributed by atoms with van der Waals surface area (Å²) in [4.78, 5) is 31.4. The Balaban J connectivity index is 1.43. The van der Waals surface area contributed by atoms with E-state index < -0.39 is 18.0 Å². The first-order chi connectivity index (χ1) is 18.2. The molecule has 0 saturated heterocycles. The Kier molecular flexibility index (Phi) is 5.47. The number of amides is 1. The van der Waals surface area contributed by atoms with Crippen LogP contribution in [-0.2, 0) is 16.6 Å². The molecule has 38 heavy (non-hydrogen) atoms. The van der Waals surface area contributed by atoms with Crippen LogP contribution in [0.5, 0.6) is 5.75 Å². The molecule has 0 aromatic carbocycles. The Morgan fingerprint density at radius 1 is 1.24 bits per heavy atom. The monoisotopic (exact) mass is 524 g/mol. The maximum Gasteiger partial charge on any atom is 0.389 e. The van der Waals surface area contributed by atoms with Gasteiger partial charge >= 0.3 is 6.18 Å². The van der Waals surface area contributed by atoms with Crippen molar-refractivity contribution in [1.29, 1.82) is 0 Å². The summed E-state index contributed by atoms with van der Waals surface area (Å²) in [5.74, 6) is 0.917. The molecule has 1 aliphatic heterocycles. The van der Waals surface area contributed by atoms with Crippen molar-refractivity contribution in [2.75, 3.05) is 18.2 Å². The van der Waals surface area contributed by atoms with Crippen LogP contribution in [0.4, 0.5) is 24.8 Å². The van der Waals surface area contributed by atoms with Crippen molar-refractivity contribution in [3.8, 4) is 17.1 Å². The Bertz CT molecular complexity index is 1550. The third kappa shape index (κ3) is 3.89. The van der Waals surface area contributed by atoms with Crippen LogP contribution in [-0.4, -0.2) is 48.7 Å². The van der Waals surface area contributed by atoms with Crippen LogP contribution < -0.4 is 15.8 Å². The molecule has 10 nitrogen and oxygen atoms in total. The fourth-order valence-electron chi connectivity index (χ4n) is 5.28. The summed E-state index contributed by atoms with van der Waals surface area (Å²) in [6.45, 7) is 0. The number of ether oxygens (including phenoxy) is 1. The number of hydrogen-bond acceptors (Lipinski definition) is 8. The van der Waals surface area contributed by atoms with Crippen LogP contribution >= 0.6 is 0 Å². The largest absolute Gasteiger partial charge is 0.495 e. The highest BCUT2D eigenvalue weighted by Crippen LogP contribution is 2.57. The number of carbonyl (C=O) groups excluding carboxylic acids is 1. The van der Waals surface area contributed by atoms with Crippen LogP contribution in [0.3, 0.4) is 0 Å². The van der Waals surface area contributed by atoms with Gasteiger partial charge in [-0.3, -0.25) is 9.78 Å². The quantitative estimate of drug-likeness (QED) is 0.374. The van der Waals surface area contributed by atoms with E-state index in [1.807, 2.05) is 0 Å². The summed E-state index contributed by atoms with van der Waals surface area (Å²) >= 11 is 0. The van der Waals surface area contributed by atoms with E-state index in [1.54, 1.807) is 30.6 Å². The molecule has 3 N–H and O–H groups in total. The Hall–Kier alpha value is -4.29. The molecule has 6 rings (SSSR count). The average molecular weight is 525 g/mol. The van der Waals surface area contributed by atoms with E-state index in [-0.39, 0.29) is 36.3 Å². The second-order valence-corrected chi connectivity index (χ2v) is 9.53. The number of aryl methyl sites for hydroxylation is 1. The molecular formula is C25H23F3N8O2. The number of pyridine rings is 2. The van der Waals surface area contributed by atoms with Gasteiger partial charge in [-0.1, -0.05) is 0 Å². The van der Waals surface area contributed by atoms with Gasteiger partial charge in [-0.15, -0.1) is 0 Å². The number of anilines is 2. The lowest BCUT2D eigenvalue weighted by molar-refractivity contribution is -0.135. The van der Waals surface area contributed by atoms with Crippen molar-refractivity contribution in [3.05, 3.63) is 53.7 Å². The summed E-state index contributed by atoms with van der Waals surface area (Å²) in [7, 11) is 1.54. The van der Waals surface area contributed by atoms with E-state index >= 15 is 0 Å². The van der Waals surface area contributed by atoms with Crippen molar-refractivity contribution in [1.82, 2.24) is 29.5 Å². The summed E-state index contributed by atoms with van der Waals surface area (Å²) in [6.07, 6.45) is 1.06. The Labute approximate surface area is 214 Å². The van der Waals surface area contributed by atoms with Crippen LogP contribution in [0, 0.1) is 5.92 Å². The number of methoxy groups -OCH3 is 1. The summed E-state index contributed by atoms with van der Waals surface area (Å²) in [5, 5.41) is 7.03. The molecule has 0 radical (unpaired) electrons. The van der Waals surface area contributed by atoms with Gasteiger partial charge in [-0.25, -0.2) is 19.5 Å². The number of nitrogens with zero attached hydrogens (tertiary/aromatic N) is 6. The van der Waals surface area contributed by atoms with E-state index in [0.717, 1.165) is 12.8 Å². The average Bonchev–Trinajstić information content (AvgIpc) is 3.53. The van der Waals surface area contributed by atoms with E-state index in [4.69, 9.17) is 10.5 Å². The molecule has 1 aliphatic carbocycles. The van der Waals surface area contributed by atoms with E-state index in [9.17, 15) is 18.0 Å². The van der Waals surface area contributed by atoms with Crippen molar-refractivity contribution >= 4 is 23.2 Å². The smallest absolute Gasteiger partial charge is 0.389 e. The van der Waals surface area contributed by atoms with Gasteiger partial charge in [-0.05, 0) is 55.4 Å². The normalized spacial score (nSPS) is 19.0. The number of halogens is 3. The lowest BCUT2D eigenvalue weighted by Crippen LogP contribution is -2.39. The zero-order chi connectivity index (χ0) is 26.7. The van der Waals surface area contributed by atoms with Crippen LogP contribution in [0.1, 0.15) is 42.5 Å². The fraction of sp³-hybridized carbons (Fsp3) is 0.360. The molecule has 4 aromatic heterocycles. The maximum absolute atomic E-state index is 13.6. The molecule has 0 bridgehead atoms. The van der Waals surface area contributed by atoms with Gasteiger partial charge in [0.15, 0.2) is 11.5 Å². The zero-order valence-electron chi connectivity index (χ0n) is 20.3. The first kappa shape index (κ1) is 24.1. The van der Waals surface area contributed by atoms with Gasteiger partial charge in [0.25, 0.3) is 0 Å². The summed E-state index contributed by atoms with van der Waals surface area (Å²) in [5.41, 5.74) is 7.93. The highest BCUT2D eigenvalue weighted by atomic mass is 19.4. The Morgan fingerprint density at radius 3 is 2.74 bits per heavy atom. The molecule has 196 valence electrons.